The molecular formula is C28H25BrN2. The molecule has 1 atom stereocenters. The van der Waals surface area contributed by atoms with E-state index in [0.29, 0.717) is 0 Å². The number of allylic oxidation sites excluding steroid dienone is 1. The van der Waals surface area contributed by atoms with E-state index in [9.17, 15) is 0 Å². The second kappa shape index (κ2) is 10.3. The Morgan fingerprint density at radius 1 is 0.742 bits per heavy atom. The van der Waals surface area contributed by atoms with Gasteiger partial charge in [0.15, 0.2) is 0 Å². The predicted octanol–water partition coefficient (Wildman–Crippen LogP) is 6.95. The van der Waals surface area contributed by atoms with Gasteiger partial charge in [0.2, 0.25) is 0 Å². The van der Waals surface area contributed by atoms with Crippen LogP contribution in [-0.4, -0.2) is 0 Å². The average Bonchev–Trinajstić information content (AvgIpc) is 2.83. The molecule has 0 aliphatic rings. The molecular weight excluding hydrogens is 444 g/mol. The minimum atomic E-state index is -0.304. The zero-order valence-corrected chi connectivity index (χ0v) is 18.8. The molecule has 4 aromatic carbocycles. The topological polar surface area (TPSA) is 38.0 Å². The summed E-state index contributed by atoms with van der Waals surface area (Å²) in [7, 11) is 0. The summed E-state index contributed by atoms with van der Waals surface area (Å²) in [5, 5.41) is 3.52. The molecule has 0 spiro atoms. The van der Waals surface area contributed by atoms with Gasteiger partial charge in [0.25, 0.3) is 0 Å². The Bertz CT molecular complexity index is 1120. The Kier molecular flexibility index (Phi) is 6.98. The molecule has 4 rings (SSSR count). The number of hydrogen-bond acceptors (Lipinski definition) is 2. The van der Waals surface area contributed by atoms with Crippen molar-refractivity contribution in [3.63, 3.8) is 0 Å². The maximum atomic E-state index is 6.55. The molecule has 0 aromatic heterocycles. The Labute approximate surface area is 192 Å². The second-order valence-corrected chi connectivity index (χ2v) is 8.34. The first kappa shape index (κ1) is 21.1. The minimum absolute atomic E-state index is 0.304. The van der Waals surface area contributed by atoms with Gasteiger partial charge in [0.1, 0.15) is 6.17 Å². The zero-order valence-electron chi connectivity index (χ0n) is 17.2. The number of hydrogen-bond donors (Lipinski definition) is 2. The molecule has 0 radical (unpaired) electrons. The van der Waals surface area contributed by atoms with Crippen LogP contribution >= 0.6 is 15.9 Å². The average molecular weight is 469 g/mol. The van der Waals surface area contributed by atoms with Crippen LogP contribution in [-0.2, 0) is 6.42 Å². The highest BCUT2D eigenvalue weighted by atomic mass is 79.9. The van der Waals surface area contributed by atoms with Crippen molar-refractivity contribution in [3.05, 3.63) is 136 Å². The molecule has 2 nitrogen and oxygen atoms in total. The van der Waals surface area contributed by atoms with Crippen molar-refractivity contribution in [2.24, 2.45) is 5.73 Å². The van der Waals surface area contributed by atoms with Crippen molar-refractivity contribution in [1.82, 2.24) is 5.32 Å². The van der Waals surface area contributed by atoms with Crippen LogP contribution in [0, 0.1) is 0 Å². The first-order valence-corrected chi connectivity index (χ1v) is 11.2. The van der Waals surface area contributed by atoms with Crippen LogP contribution in [0.4, 0.5) is 0 Å². The third-order valence-corrected chi connectivity index (χ3v) is 5.76. The van der Waals surface area contributed by atoms with Crippen molar-refractivity contribution < 1.29 is 0 Å². The van der Waals surface area contributed by atoms with Crippen LogP contribution in [0.2, 0.25) is 0 Å². The third kappa shape index (κ3) is 5.72. The molecule has 0 saturated carbocycles. The number of halogens is 1. The smallest absolute Gasteiger partial charge is 0.101 e. The molecule has 1 unspecified atom stereocenters. The number of rotatable bonds is 7. The molecule has 0 fully saturated rings. The molecule has 3 N–H and O–H groups in total. The number of nitrogens with one attached hydrogen (secondary N) is 1. The van der Waals surface area contributed by atoms with Gasteiger partial charge >= 0.3 is 0 Å². The van der Waals surface area contributed by atoms with Crippen LogP contribution in [0.5, 0.6) is 0 Å². The van der Waals surface area contributed by atoms with Gasteiger partial charge in [-0.15, -0.1) is 0 Å². The zero-order chi connectivity index (χ0) is 21.5. The van der Waals surface area contributed by atoms with Gasteiger partial charge in [-0.2, -0.15) is 0 Å². The number of benzene rings is 4. The van der Waals surface area contributed by atoms with Crippen molar-refractivity contribution in [2.45, 2.75) is 12.6 Å². The van der Waals surface area contributed by atoms with Gasteiger partial charge < -0.3 is 11.1 Å². The summed E-state index contributed by atoms with van der Waals surface area (Å²) in [5.41, 5.74) is 13.4. The molecule has 154 valence electrons. The fourth-order valence-corrected chi connectivity index (χ4v) is 3.75. The van der Waals surface area contributed by atoms with Crippen molar-refractivity contribution in [3.8, 4) is 11.1 Å². The maximum Gasteiger partial charge on any atom is 0.101 e. The van der Waals surface area contributed by atoms with Gasteiger partial charge in [-0.25, -0.2) is 0 Å². The van der Waals surface area contributed by atoms with E-state index in [-0.39, 0.29) is 6.17 Å². The molecule has 0 saturated heterocycles. The summed E-state index contributed by atoms with van der Waals surface area (Å²) in [5.74, 6) is 0. The quantitative estimate of drug-likeness (QED) is 0.288. The van der Waals surface area contributed by atoms with Gasteiger partial charge in [-0.3, -0.25) is 0 Å². The van der Waals surface area contributed by atoms with E-state index >= 15 is 0 Å². The third-order valence-electron chi connectivity index (χ3n) is 5.23. The molecule has 31 heavy (non-hydrogen) atoms. The van der Waals surface area contributed by atoms with Gasteiger partial charge in [-0.1, -0.05) is 119 Å². The van der Waals surface area contributed by atoms with Crippen LogP contribution in [0.15, 0.2) is 120 Å². The SMILES string of the molecule is NC(N/C(=C\Cc1ccccc1)c1ccccc1)c1ccc(-c2ccc(Br)cc2)cc1. The normalized spacial score (nSPS) is 12.4. The molecule has 0 aliphatic carbocycles. The van der Waals surface area contributed by atoms with Crippen LogP contribution < -0.4 is 11.1 Å². The summed E-state index contributed by atoms with van der Waals surface area (Å²) in [6, 6.07) is 37.5. The van der Waals surface area contributed by atoms with E-state index in [0.717, 1.165) is 27.7 Å². The predicted molar refractivity (Wildman–Crippen MR) is 134 cm³/mol. The van der Waals surface area contributed by atoms with E-state index in [1.54, 1.807) is 0 Å². The fourth-order valence-electron chi connectivity index (χ4n) is 3.49. The lowest BCUT2D eigenvalue weighted by molar-refractivity contribution is 0.666. The highest BCUT2D eigenvalue weighted by Gasteiger charge is 2.10. The van der Waals surface area contributed by atoms with Crippen molar-refractivity contribution in [1.29, 1.82) is 0 Å². The van der Waals surface area contributed by atoms with Crippen LogP contribution in [0.25, 0.3) is 16.8 Å². The van der Waals surface area contributed by atoms with Crippen molar-refractivity contribution >= 4 is 21.6 Å². The first-order valence-electron chi connectivity index (χ1n) is 10.4. The molecule has 0 heterocycles. The van der Waals surface area contributed by atoms with Gasteiger partial charge in [-0.05, 0) is 46.4 Å². The van der Waals surface area contributed by atoms with Crippen LogP contribution in [0.3, 0.4) is 0 Å². The summed E-state index contributed by atoms with van der Waals surface area (Å²) in [6.45, 7) is 0. The highest BCUT2D eigenvalue weighted by Crippen LogP contribution is 2.24. The maximum absolute atomic E-state index is 6.55. The van der Waals surface area contributed by atoms with E-state index in [4.69, 9.17) is 5.73 Å². The lowest BCUT2D eigenvalue weighted by Crippen LogP contribution is -2.27. The lowest BCUT2D eigenvalue weighted by atomic mass is 10.0. The standard InChI is InChI=1S/C28H25BrN2/c29-26-18-16-23(17-19-26)22-12-14-25(15-13-22)28(30)31-27(24-9-5-2-6-10-24)20-11-21-7-3-1-4-8-21/h1-10,12-20,28,31H,11,30H2/b27-20-. The largest absolute Gasteiger partial charge is 0.366 e. The van der Waals surface area contributed by atoms with Crippen molar-refractivity contribution in [2.75, 3.05) is 0 Å². The van der Waals surface area contributed by atoms with E-state index in [1.807, 2.05) is 24.3 Å². The Balaban J connectivity index is 1.53. The lowest BCUT2D eigenvalue weighted by Gasteiger charge is -2.19. The monoisotopic (exact) mass is 468 g/mol. The van der Waals surface area contributed by atoms with E-state index in [2.05, 4.69) is 112 Å². The van der Waals surface area contributed by atoms with Gasteiger partial charge in [0.05, 0.1) is 0 Å². The highest BCUT2D eigenvalue weighted by molar-refractivity contribution is 9.10. The molecule has 0 aliphatic heterocycles. The summed E-state index contributed by atoms with van der Waals surface area (Å²) in [4.78, 5) is 0. The summed E-state index contributed by atoms with van der Waals surface area (Å²) >= 11 is 3.49. The minimum Gasteiger partial charge on any atom is -0.366 e. The Morgan fingerprint density at radius 3 is 1.90 bits per heavy atom. The molecule has 3 heteroatoms. The molecule has 0 amide bonds. The van der Waals surface area contributed by atoms with Crippen LogP contribution in [0.1, 0.15) is 22.9 Å². The Morgan fingerprint density at radius 2 is 1.29 bits per heavy atom. The van der Waals surface area contributed by atoms with E-state index in [1.165, 1.54) is 16.7 Å². The summed E-state index contributed by atoms with van der Waals surface area (Å²) in [6.07, 6.45) is 2.75. The first-order chi connectivity index (χ1) is 15.2. The molecule has 4 aromatic rings. The van der Waals surface area contributed by atoms with Gasteiger partial charge in [0, 0.05) is 10.2 Å². The fraction of sp³-hybridized carbons (Fsp3) is 0.0714. The Hall–Kier alpha value is -3.14. The molecule has 0 bridgehead atoms. The second-order valence-electron chi connectivity index (χ2n) is 7.42. The summed E-state index contributed by atoms with van der Waals surface area (Å²) < 4.78 is 1.08. The number of nitrogens with two attached hydrogens (primary N) is 1. The van der Waals surface area contributed by atoms with E-state index < -0.39 is 0 Å².